The van der Waals surface area contributed by atoms with Crippen molar-refractivity contribution in [3.8, 4) is 5.75 Å². The van der Waals surface area contributed by atoms with E-state index in [-0.39, 0.29) is 11.8 Å². The van der Waals surface area contributed by atoms with Crippen molar-refractivity contribution in [2.75, 3.05) is 0 Å². The molecule has 0 saturated carbocycles. The van der Waals surface area contributed by atoms with E-state index in [4.69, 9.17) is 4.74 Å². The number of hydrogen-bond acceptors (Lipinski definition) is 3. The lowest BCUT2D eigenvalue weighted by atomic mass is 10.0. The van der Waals surface area contributed by atoms with Crippen LogP contribution in [-0.4, -0.2) is 23.1 Å². The van der Waals surface area contributed by atoms with E-state index in [1.807, 2.05) is 44.2 Å². The summed E-state index contributed by atoms with van der Waals surface area (Å²) in [5.41, 5.74) is 0.436. The van der Waals surface area contributed by atoms with Gasteiger partial charge in [-0.05, 0) is 36.8 Å². The molecule has 2 rings (SSSR count). The Labute approximate surface area is 134 Å². The first-order valence-electron chi connectivity index (χ1n) is 7.29. The van der Waals surface area contributed by atoms with Gasteiger partial charge in [-0.25, -0.2) is 4.79 Å². The van der Waals surface area contributed by atoms with Crippen LogP contribution in [0.5, 0.6) is 5.75 Å². The summed E-state index contributed by atoms with van der Waals surface area (Å²) in [5.74, 6) is -1.07. The molecule has 0 saturated heterocycles. The molecule has 0 spiro atoms. The molecule has 0 bridgehead atoms. The molecule has 5 nitrogen and oxygen atoms in total. The maximum absolute atomic E-state index is 11.4. The molecule has 0 radical (unpaired) electrons. The Morgan fingerprint density at radius 1 is 1.17 bits per heavy atom. The predicted molar refractivity (Wildman–Crippen MR) is 89.1 cm³/mol. The minimum atomic E-state index is -1.20. The second-order valence-corrected chi connectivity index (χ2v) is 5.41. The summed E-state index contributed by atoms with van der Waals surface area (Å²) in [5, 5.41) is 13.5. The number of ether oxygens (including phenoxy) is 1. The number of carbonyl (C=O) groups is 2. The van der Waals surface area contributed by atoms with Crippen LogP contribution in [0.3, 0.4) is 0 Å². The highest BCUT2D eigenvalue weighted by Gasteiger charge is 2.14. The summed E-state index contributed by atoms with van der Waals surface area (Å²) in [6, 6.07) is 11.3. The summed E-state index contributed by atoms with van der Waals surface area (Å²) < 4.78 is 5.79. The standard InChI is InChI=1S/C18H19NO4/c1-11(2)23-17-9-8-13-6-4-5-7-14(13)15(17)10-16(18(21)22)19-12(3)20/h4-11H,1-3H3,(H,19,20)(H,21,22)/b16-10-. The quantitative estimate of drug-likeness (QED) is 0.831. The van der Waals surface area contributed by atoms with E-state index in [2.05, 4.69) is 5.32 Å². The maximum atomic E-state index is 11.4. The monoisotopic (exact) mass is 313 g/mol. The van der Waals surface area contributed by atoms with Gasteiger partial charge in [-0.15, -0.1) is 0 Å². The fourth-order valence-corrected chi connectivity index (χ4v) is 2.27. The van der Waals surface area contributed by atoms with Crippen LogP contribution in [0.25, 0.3) is 16.8 Å². The molecule has 2 aromatic rings. The van der Waals surface area contributed by atoms with E-state index in [9.17, 15) is 14.7 Å². The molecule has 2 N–H and O–H groups in total. The highest BCUT2D eigenvalue weighted by molar-refractivity contribution is 6.01. The lowest BCUT2D eigenvalue weighted by molar-refractivity contribution is -0.134. The predicted octanol–water partition coefficient (Wildman–Crippen LogP) is 3.19. The van der Waals surface area contributed by atoms with Gasteiger partial charge in [-0.3, -0.25) is 4.79 Å². The minimum absolute atomic E-state index is 0.0580. The number of carbonyl (C=O) groups excluding carboxylic acids is 1. The van der Waals surface area contributed by atoms with Crippen molar-refractivity contribution in [2.24, 2.45) is 0 Å². The molecule has 0 aliphatic carbocycles. The van der Waals surface area contributed by atoms with Crippen molar-refractivity contribution in [1.29, 1.82) is 0 Å². The molecule has 5 heteroatoms. The third-order valence-corrected chi connectivity index (χ3v) is 3.12. The first-order valence-corrected chi connectivity index (χ1v) is 7.29. The molecule has 0 unspecified atom stereocenters. The molecule has 0 aliphatic heterocycles. The molecule has 0 fully saturated rings. The highest BCUT2D eigenvalue weighted by Crippen LogP contribution is 2.30. The van der Waals surface area contributed by atoms with Gasteiger partial charge in [0, 0.05) is 12.5 Å². The van der Waals surface area contributed by atoms with Crippen LogP contribution in [0.2, 0.25) is 0 Å². The summed E-state index contributed by atoms with van der Waals surface area (Å²) in [4.78, 5) is 22.6. The number of carboxylic acid groups (broad SMARTS) is 1. The molecule has 0 aliphatic rings. The second-order valence-electron chi connectivity index (χ2n) is 5.41. The number of aliphatic carboxylic acids is 1. The summed E-state index contributed by atoms with van der Waals surface area (Å²) in [7, 11) is 0. The number of hydrogen-bond donors (Lipinski definition) is 2. The fourth-order valence-electron chi connectivity index (χ4n) is 2.27. The largest absolute Gasteiger partial charge is 0.490 e. The van der Waals surface area contributed by atoms with E-state index >= 15 is 0 Å². The van der Waals surface area contributed by atoms with Crippen LogP contribution in [0, 0.1) is 0 Å². The van der Waals surface area contributed by atoms with E-state index < -0.39 is 11.9 Å². The van der Waals surface area contributed by atoms with Gasteiger partial charge in [0.2, 0.25) is 5.91 Å². The van der Waals surface area contributed by atoms with Crippen LogP contribution < -0.4 is 10.1 Å². The first kappa shape index (κ1) is 16.5. The van der Waals surface area contributed by atoms with Gasteiger partial charge in [0.15, 0.2) is 0 Å². The molecule has 2 aromatic carbocycles. The number of carboxylic acids is 1. The maximum Gasteiger partial charge on any atom is 0.352 e. The van der Waals surface area contributed by atoms with Gasteiger partial charge in [-0.2, -0.15) is 0 Å². The van der Waals surface area contributed by atoms with Crippen LogP contribution in [0.15, 0.2) is 42.1 Å². The van der Waals surface area contributed by atoms with Crippen molar-refractivity contribution in [1.82, 2.24) is 5.32 Å². The van der Waals surface area contributed by atoms with Gasteiger partial charge < -0.3 is 15.2 Å². The van der Waals surface area contributed by atoms with E-state index in [0.29, 0.717) is 11.3 Å². The minimum Gasteiger partial charge on any atom is -0.490 e. The third-order valence-electron chi connectivity index (χ3n) is 3.12. The number of nitrogens with one attached hydrogen (secondary N) is 1. The number of fused-ring (bicyclic) bond motifs is 1. The Kier molecular flexibility index (Phi) is 5.01. The molecule has 0 atom stereocenters. The smallest absolute Gasteiger partial charge is 0.352 e. The van der Waals surface area contributed by atoms with Gasteiger partial charge in [0.1, 0.15) is 11.4 Å². The Bertz CT molecular complexity index is 778. The number of benzene rings is 2. The molecular weight excluding hydrogens is 294 g/mol. The third kappa shape index (κ3) is 4.10. The van der Waals surface area contributed by atoms with Gasteiger partial charge in [0.05, 0.1) is 6.10 Å². The number of amides is 1. The van der Waals surface area contributed by atoms with Crippen LogP contribution in [0.4, 0.5) is 0 Å². The summed E-state index contributed by atoms with van der Waals surface area (Å²) >= 11 is 0. The van der Waals surface area contributed by atoms with Crippen LogP contribution in [0.1, 0.15) is 26.3 Å². The van der Waals surface area contributed by atoms with Crippen molar-refractivity contribution in [2.45, 2.75) is 26.9 Å². The van der Waals surface area contributed by atoms with Crippen molar-refractivity contribution < 1.29 is 19.4 Å². The Morgan fingerprint density at radius 2 is 1.87 bits per heavy atom. The summed E-state index contributed by atoms with van der Waals surface area (Å²) in [6.45, 7) is 5.06. The fraction of sp³-hybridized carbons (Fsp3) is 0.222. The SMILES string of the molecule is CC(=O)N/C(=C\c1c(OC(C)C)ccc2ccccc12)C(=O)O. The van der Waals surface area contributed by atoms with Gasteiger partial charge >= 0.3 is 5.97 Å². The van der Waals surface area contributed by atoms with Crippen LogP contribution in [-0.2, 0) is 9.59 Å². The molecule has 23 heavy (non-hydrogen) atoms. The van der Waals surface area contributed by atoms with Crippen molar-refractivity contribution in [3.05, 3.63) is 47.7 Å². The molecule has 1 amide bonds. The first-order chi connectivity index (χ1) is 10.9. The van der Waals surface area contributed by atoms with Crippen LogP contribution >= 0.6 is 0 Å². The molecular formula is C18H19NO4. The Balaban J connectivity index is 2.67. The van der Waals surface area contributed by atoms with Gasteiger partial charge in [0.25, 0.3) is 0 Å². The zero-order valence-electron chi connectivity index (χ0n) is 13.3. The average molecular weight is 313 g/mol. The second kappa shape index (κ2) is 6.96. The van der Waals surface area contributed by atoms with E-state index in [1.54, 1.807) is 6.07 Å². The lowest BCUT2D eigenvalue weighted by Gasteiger charge is -2.15. The number of rotatable bonds is 5. The van der Waals surface area contributed by atoms with Crippen molar-refractivity contribution >= 4 is 28.7 Å². The van der Waals surface area contributed by atoms with Crippen molar-refractivity contribution in [3.63, 3.8) is 0 Å². The Hall–Kier alpha value is -2.82. The average Bonchev–Trinajstić information content (AvgIpc) is 2.47. The zero-order chi connectivity index (χ0) is 17.0. The normalized spacial score (nSPS) is 11.6. The topological polar surface area (TPSA) is 75.6 Å². The van der Waals surface area contributed by atoms with E-state index in [0.717, 1.165) is 10.8 Å². The molecule has 120 valence electrons. The Morgan fingerprint density at radius 3 is 2.48 bits per heavy atom. The zero-order valence-corrected chi connectivity index (χ0v) is 13.3. The van der Waals surface area contributed by atoms with Gasteiger partial charge in [-0.1, -0.05) is 30.3 Å². The highest BCUT2D eigenvalue weighted by atomic mass is 16.5. The molecule has 0 aromatic heterocycles. The van der Waals surface area contributed by atoms with E-state index in [1.165, 1.54) is 13.0 Å². The summed E-state index contributed by atoms with van der Waals surface area (Å²) in [6.07, 6.45) is 1.38. The molecule has 0 heterocycles. The lowest BCUT2D eigenvalue weighted by Crippen LogP contribution is -2.24.